The smallest absolute Gasteiger partial charge is 0.293 e. The number of nitrogens with one attached hydrogen (secondary N) is 1. The first-order valence-electron chi connectivity index (χ1n) is 6.52. The molecule has 1 N–H and O–H groups in total. The summed E-state index contributed by atoms with van der Waals surface area (Å²) < 4.78 is 5.19. The molecule has 0 unspecified atom stereocenters. The number of nitrogens with zero attached hydrogens (tertiary/aromatic N) is 2. The van der Waals surface area contributed by atoms with Crippen molar-refractivity contribution in [2.45, 2.75) is 6.92 Å². The zero-order valence-corrected chi connectivity index (χ0v) is 11.3. The predicted molar refractivity (Wildman–Crippen MR) is 74.0 cm³/mol. The Morgan fingerprint density at radius 1 is 1.45 bits per heavy atom. The quantitative estimate of drug-likeness (QED) is 0.667. The summed E-state index contributed by atoms with van der Waals surface area (Å²) in [6, 6.07) is 4.52. The molecule has 0 aromatic heterocycles. The Balaban J connectivity index is 2.25. The second-order valence-corrected chi connectivity index (χ2v) is 4.42. The van der Waals surface area contributed by atoms with E-state index in [4.69, 9.17) is 4.74 Å². The number of hydrogen-bond acceptors (Lipinski definition) is 5. The minimum atomic E-state index is -0.478. The number of rotatable bonds is 4. The molecule has 0 spiro atoms. The summed E-state index contributed by atoms with van der Waals surface area (Å²) in [5.41, 5.74) is 0.683. The number of benzene rings is 1. The van der Waals surface area contributed by atoms with Gasteiger partial charge in [-0.3, -0.25) is 14.9 Å². The maximum Gasteiger partial charge on any atom is 0.293 e. The molecule has 0 saturated carbocycles. The molecule has 7 nitrogen and oxygen atoms in total. The van der Waals surface area contributed by atoms with Crippen molar-refractivity contribution in [1.82, 2.24) is 4.90 Å². The molecule has 1 aliphatic heterocycles. The third kappa shape index (κ3) is 3.05. The van der Waals surface area contributed by atoms with Gasteiger partial charge in [-0.2, -0.15) is 0 Å². The second kappa shape index (κ2) is 6.33. The van der Waals surface area contributed by atoms with E-state index in [0.29, 0.717) is 44.1 Å². The molecule has 0 bridgehead atoms. The van der Waals surface area contributed by atoms with Gasteiger partial charge < -0.3 is 15.0 Å². The SMILES string of the molecule is CCNc1ccc(C(=O)N2CCOCC2)cc1[N+](=O)[O-]. The number of hydrogen-bond donors (Lipinski definition) is 1. The van der Waals surface area contributed by atoms with Crippen LogP contribution >= 0.6 is 0 Å². The zero-order chi connectivity index (χ0) is 14.5. The minimum Gasteiger partial charge on any atom is -0.380 e. The van der Waals surface area contributed by atoms with Gasteiger partial charge in [0, 0.05) is 31.3 Å². The van der Waals surface area contributed by atoms with Gasteiger partial charge >= 0.3 is 0 Å². The van der Waals surface area contributed by atoms with Crippen molar-refractivity contribution in [2.75, 3.05) is 38.2 Å². The van der Waals surface area contributed by atoms with Crippen molar-refractivity contribution < 1.29 is 14.5 Å². The van der Waals surface area contributed by atoms with Crippen LogP contribution in [-0.2, 0) is 4.74 Å². The van der Waals surface area contributed by atoms with E-state index in [1.807, 2.05) is 6.92 Å². The molecule has 0 radical (unpaired) electrons. The Bertz CT molecular complexity index is 512. The van der Waals surface area contributed by atoms with Gasteiger partial charge in [0.05, 0.1) is 18.1 Å². The van der Waals surface area contributed by atoms with Crippen LogP contribution in [0.3, 0.4) is 0 Å². The molecule has 1 aromatic carbocycles. The van der Waals surface area contributed by atoms with Crippen molar-refractivity contribution in [3.8, 4) is 0 Å². The Morgan fingerprint density at radius 3 is 2.75 bits per heavy atom. The molecule has 20 heavy (non-hydrogen) atoms. The summed E-state index contributed by atoms with van der Waals surface area (Å²) in [5, 5.41) is 14.0. The van der Waals surface area contributed by atoms with Gasteiger partial charge in [0.1, 0.15) is 5.69 Å². The monoisotopic (exact) mass is 279 g/mol. The van der Waals surface area contributed by atoms with Crippen LogP contribution in [0.25, 0.3) is 0 Å². The van der Waals surface area contributed by atoms with Crippen LogP contribution in [0.4, 0.5) is 11.4 Å². The molecule has 1 aromatic rings. The van der Waals surface area contributed by atoms with Crippen molar-refractivity contribution in [3.05, 3.63) is 33.9 Å². The fourth-order valence-electron chi connectivity index (χ4n) is 2.10. The van der Waals surface area contributed by atoms with E-state index in [0.717, 1.165) is 0 Å². The van der Waals surface area contributed by atoms with Gasteiger partial charge in [-0.1, -0.05) is 0 Å². The third-order valence-electron chi connectivity index (χ3n) is 3.11. The molecule has 1 saturated heterocycles. The molecule has 1 amide bonds. The lowest BCUT2D eigenvalue weighted by molar-refractivity contribution is -0.384. The lowest BCUT2D eigenvalue weighted by Crippen LogP contribution is -2.40. The van der Waals surface area contributed by atoms with E-state index < -0.39 is 4.92 Å². The number of carbonyl (C=O) groups excluding carboxylic acids is 1. The lowest BCUT2D eigenvalue weighted by Gasteiger charge is -2.26. The number of amides is 1. The summed E-state index contributed by atoms with van der Waals surface area (Å²) in [7, 11) is 0. The maximum atomic E-state index is 12.3. The van der Waals surface area contributed by atoms with Crippen molar-refractivity contribution in [3.63, 3.8) is 0 Å². The maximum absolute atomic E-state index is 12.3. The molecule has 0 atom stereocenters. The van der Waals surface area contributed by atoms with E-state index in [1.54, 1.807) is 17.0 Å². The summed E-state index contributed by atoms with van der Waals surface area (Å²) in [6.07, 6.45) is 0. The summed E-state index contributed by atoms with van der Waals surface area (Å²) in [5.74, 6) is -0.195. The van der Waals surface area contributed by atoms with Crippen LogP contribution in [0.2, 0.25) is 0 Å². The Hall–Kier alpha value is -2.15. The van der Waals surface area contributed by atoms with E-state index >= 15 is 0 Å². The predicted octanol–water partition coefficient (Wildman–Crippen LogP) is 1.50. The zero-order valence-electron chi connectivity index (χ0n) is 11.3. The van der Waals surface area contributed by atoms with Crippen LogP contribution in [-0.4, -0.2) is 48.6 Å². The average molecular weight is 279 g/mol. The highest BCUT2D eigenvalue weighted by atomic mass is 16.6. The molecule has 7 heteroatoms. The Kier molecular flexibility index (Phi) is 4.52. The lowest BCUT2D eigenvalue weighted by atomic mass is 10.1. The van der Waals surface area contributed by atoms with Gasteiger partial charge in [-0.25, -0.2) is 0 Å². The van der Waals surface area contributed by atoms with Crippen molar-refractivity contribution in [2.24, 2.45) is 0 Å². The standard InChI is InChI=1S/C13H17N3O4/c1-2-14-11-4-3-10(9-12(11)16(18)19)13(17)15-5-7-20-8-6-15/h3-4,9,14H,2,5-8H2,1H3. The van der Waals surface area contributed by atoms with Crippen molar-refractivity contribution >= 4 is 17.3 Å². The second-order valence-electron chi connectivity index (χ2n) is 4.42. The highest BCUT2D eigenvalue weighted by Crippen LogP contribution is 2.26. The highest BCUT2D eigenvalue weighted by molar-refractivity contribution is 5.95. The number of carbonyl (C=O) groups is 1. The first-order chi connectivity index (χ1) is 9.63. The molecule has 1 aliphatic rings. The van der Waals surface area contributed by atoms with E-state index in [-0.39, 0.29) is 11.6 Å². The molecule has 0 aliphatic carbocycles. The summed E-state index contributed by atoms with van der Waals surface area (Å²) in [6.45, 7) is 4.48. The highest BCUT2D eigenvalue weighted by Gasteiger charge is 2.22. The Labute approximate surface area is 116 Å². The molecular formula is C13H17N3O4. The fraction of sp³-hybridized carbons (Fsp3) is 0.462. The number of nitro groups is 1. The van der Waals surface area contributed by atoms with Crippen molar-refractivity contribution in [1.29, 1.82) is 0 Å². The number of nitro benzene ring substituents is 1. The van der Waals surface area contributed by atoms with Gasteiger partial charge in [-0.05, 0) is 19.1 Å². The topological polar surface area (TPSA) is 84.7 Å². The van der Waals surface area contributed by atoms with Crippen LogP contribution in [0.1, 0.15) is 17.3 Å². The van der Waals surface area contributed by atoms with Gasteiger partial charge in [-0.15, -0.1) is 0 Å². The van der Waals surface area contributed by atoms with E-state index in [9.17, 15) is 14.9 Å². The normalized spacial score (nSPS) is 14.9. The minimum absolute atomic E-state index is 0.0778. The molecule has 1 heterocycles. The Morgan fingerprint density at radius 2 is 2.15 bits per heavy atom. The molecule has 1 fully saturated rings. The van der Waals surface area contributed by atoms with Crippen LogP contribution in [0, 0.1) is 10.1 Å². The number of morpholine rings is 1. The fourth-order valence-corrected chi connectivity index (χ4v) is 2.10. The van der Waals surface area contributed by atoms with E-state index in [1.165, 1.54) is 6.07 Å². The molecule has 108 valence electrons. The third-order valence-corrected chi connectivity index (χ3v) is 3.11. The number of ether oxygens (including phenoxy) is 1. The van der Waals surface area contributed by atoms with Crippen LogP contribution in [0.15, 0.2) is 18.2 Å². The largest absolute Gasteiger partial charge is 0.380 e. The molecule has 2 rings (SSSR count). The first kappa shape index (κ1) is 14.3. The van der Waals surface area contributed by atoms with Crippen LogP contribution < -0.4 is 5.32 Å². The van der Waals surface area contributed by atoms with Gasteiger partial charge in [0.25, 0.3) is 11.6 Å². The average Bonchev–Trinajstić information content (AvgIpc) is 2.48. The summed E-state index contributed by atoms with van der Waals surface area (Å²) >= 11 is 0. The molecular weight excluding hydrogens is 262 g/mol. The number of anilines is 1. The summed E-state index contributed by atoms with van der Waals surface area (Å²) in [4.78, 5) is 24.5. The van der Waals surface area contributed by atoms with E-state index in [2.05, 4.69) is 5.32 Å². The first-order valence-corrected chi connectivity index (χ1v) is 6.52. The van der Waals surface area contributed by atoms with Crippen LogP contribution in [0.5, 0.6) is 0 Å². The van der Waals surface area contributed by atoms with Gasteiger partial charge in [0.2, 0.25) is 0 Å². The van der Waals surface area contributed by atoms with Gasteiger partial charge in [0.15, 0.2) is 0 Å².